The van der Waals surface area contributed by atoms with E-state index in [1.807, 2.05) is 18.2 Å². The Morgan fingerprint density at radius 3 is 2.50 bits per heavy atom. The van der Waals surface area contributed by atoms with Gasteiger partial charge in [0.15, 0.2) is 0 Å². The Labute approximate surface area is 145 Å². The third-order valence-corrected chi connectivity index (χ3v) is 5.78. The van der Waals surface area contributed by atoms with E-state index < -0.39 is 22.8 Å². The largest absolute Gasteiger partial charge is 0.467 e. The molecular weight excluding hydrogens is 326 g/mol. The zero-order valence-corrected chi connectivity index (χ0v) is 14.8. The van der Waals surface area contributed by atoms with Crippen LogP contribution in [-0.2, 0) is 25.1 Å². The number of esters is 1. The van der Waals surface area contributed by atoms with Crippen LogP contribution in [0.5, 0.6) is 0 Å². The summed E-state index contributed by atoms with van der Waals surface area (Å²) in [6, 6.07) is 8.37. The number of nitrogens with one attached hydrogen (secondary N) is 1. The summed E-state index contributed by atoms with van der Waals surface area (Å²) in [5.74, 6) is -0.292. The second-order valence-electron chi connectivity index (χ2n) is 6.07. The van der Waals surface area contributed by atoms with Crippen molar-refractivity contribution in [1.29, 1.82) is 0 Å². The van der Waals surface area contributed by atoms with Crippen LogP contribution in [0.15, 0.2) is 35.2 Å². The summed E-state index contributed by atoms with van der Waals surface area (Å²) in [5.41, 5.74) is 0. The molecule has 1 saturated carbocycles. The first kappa shape index (κ1) is 18.6. The molecule has 1 aliphatic carbocycles. The van der Waals surface area contributed by atoms with E-state index in [-0.39, 0.29) is 11.8 Å². The van der Waals surface area contributed by atoms with Crippen LogP contribution >= 0.6 is 0 Å². The molecule has 0 bridgehead atoms. The predicted octanol–water partition coefficient (Wildman–Crippen LogP) is 2.42. The Balaban J connectivity index is 1.91. The molecule has 5 nitrogen and oxygen atoms in total. The third kappa shape index (κ3) is 5.44. The summed E-state index contributed by atoms with van der Waals surface area (Å²) < 4.78 is 17.1. The molecule has 1 amide bonds. The minimum atomic E-state index is -1.20. The first-order valence-corrected chi connectivity index (χ1v) is 9.75. The summed E-state index contributed by atoms with van der Waals surface area (Å²) in [4.78, 5) is 25.0. The van der Waals surface area contributed by atoms with Crippen LogP contribution in [0.2, 0.25) is 0 Å². The molecule has 24 heavy (non-hydrogen) atoms. The molecule has 0 saturated heterocycles. The van der Waals surface area contributed by atoms with Crippen molar-refractivity contribution in [3.05, 3.63) is 30.3 Å². The molecule has 1 aromatic carbocycles. The molecular formula is C18H25NO4S. The normalized spacial score (nSPS) is 17.7. The van der Waals surface area contributed by atoms with Gasteiger partial charge in [0, 0.05) is 16.6 Å². The molecule has 0 spiro atoms. The Morgan fingerprint density at radius 2 is 1.88 bits per heavy atom. The average Bonchev–Trinajstić information content (AvgIpc) is 2.65. The van der Waals surface area contributed by atoms with Crippen molar-refractivity contribution >= 4 is 22.7 Å². The van der Waals surface area contributed by atoms with E-state index in [0.717, 1.165) is 30.6 Å². The quantitative estimate of drug-likeness (QED) is 0.766. The maximum absolute atomic E-state index is 12.3. The van der Waals surface area contributed by atoms with Crippen molar-refractivity contribution in [2.75, 3.05) is 12.9 Å². The highest BCUT2D eigenvalue weighted by molar-refractivity contribution is 7.85. The van der Waals surface area contributed by atoms with Gasteiger partial charge in [-0.3, -0.25) is 9.00 Å². The number of ether oxygens (including phenoxy) is 1. The zero-order valence-electron chi connectivity index (χ0n) is 14.0. The van der Waals surface area contributed by atoms with E-state index in [2.05, 4.69) is 5.32 Å². The predicted molar refractivity (Wildman–Crippen MR) is 92.9 cm³/mol. The number of hydrogen-bond acceptors (Lipinski definition) is 4. The van der Waals surface area contributed by atoms with E-state index in [1.165, 1.54) is 13.5 Å². The summed E-state index contributed by atoms with van der Waals surface area (Å²) >= 11 is 0. The number of hydrogen-bond donors (Lipinski definition) is 1. The highest BCUT2D eigenvalue weighted by Crippen LogP contribution is 2.24. The second kappa shape index (κ2) is 9.57. The van der Waals surface area contributed by atoms with Crippen molar-refractivity contribution in [1.82, 2.24) is 5.32 Å². The number of amides is 1. The smallest absolute Gasteiger partial charge is 0.328 e. The van der Waals surface area contributed by atoms with Crippen molar-refractivity contribution in [2.45, 2.75) is 49.5 Å². The Bertz CT molecular complexity index is 570. The summed E-state index contributed by atoms with van der Waals surface area (Å²) in [7, 11) is 0.101. The third-order valence-electron chi connectivity index (χ3n) is 4.38. The van der Waals surface area contributed by atoms with Gasteiger partial charge in [0.2, 0.25) is 5.91 Å². The van der Waals surface area contributed by atoms with Crippen LogP contribution < -0.4 is 5.32 Å². The van der Waals surface area contributed by atoms with Gasteiger partial charge in [0.25, 0.3) is 0 Å². The molecule has 1 fully saturated rings. The van der Waals surface area contributed by atoms with Gasteiger partial charge in [0.05, 0.1) is 17.9 Å². The summed E-state index contributed by atoms with van der Waals surface area (Å²) in [6.45, 7) is 0. The maximum atomic E-state index is 12.3. The van der Waals surface area contributed by atoms with E-state index >= 15 is 0 Å². The minimum Gasteiger partial charge on any atom is -0.467 e. The first-order valence-electron chi connectivity index (χ1n) is 8.43. The van der Waals surface area contributed by atoms with Crippen molar-refractivity contribution < 1.29 is 18.5 Å². The van der Waals surface area contributed by atoms with Gasteiger partial charge in [0.1, 0.15) is 6.04 Å². The molecule has 1 N–H and O–H groups in total. The zero-order chi connectivity index (χ0) is 17.4. The van der Waals surface area contributed by atoms with Crippen LogP contribution in [0.25, 0.3) is 0 Å². The molecule has 0 unspecified atom stereocenters. The molecule has 1 aromatic rings. The highest BCUT2D eigenvalue weighted by Gasteiger charge is 2.27. The SMILES string of the molecule is COC(=O)[C@H](CC[S@](=O)c1ccccc1)NC(=O)C1CCCCC1. The van der Waals surface area contributed by atoms with Crippen molar-refractivity contribution in [3.8, 4) is 0 Å². The summed E-state index contributed by atoms with van der Waals surface area (Å²) in [5, 5.41) is 2.80. The second-order valence-corrected chi connectivity index (χ2v) is 7.64. The van der Waals surface area contributed by atoms with Crippen molar-refractivity contribution in [2.24, 2.45) is 5.92 Å². The molecule has 132 valence electrons. The fourth-order valence-electron chi connectivity index (χ4n) is 2.96. The van der Waals surface area contributed by atoms with Crippen LogP contribution in [0.4, 0.5) is 0 Å². The van der Waals surface area contributed by atoms with Crippen LogP contribution in [0.1, 0.15) is 38.5 Å². The Kier molecular flexibility index (Phi) is 7.43. The van der Waals surface area contributed by atoms with E-state index in [1.54, 1.807) is 12.1 Å². The van der Waals surface area contributed by atoms with Crippen LogP contribution in [0.3, 0.4) is 0 Å². The lowest BCUT2D eigenvalue weighted by Crippen LogP contribution is -2.45. The number of benzene rings is 1. The van der Waals surface area contributed by atoms with Crippen LogP contribution in [0, 0.1) is 5.92 Å². The molecule has 0 radical (unpaired) electrons. The monoisotopic (exact) mass is 351 g/mol. The molecule has 2 rings (SSSR count). The average molecular weight is 351 g/mol. The van der Waals surface area contributed by atoms with E-state index in [4.69, 9.17) is 4.74 Å². The fraction of sp³-hybridized carbons (Fsp3) is 0.556. The van der Waals surface area contributed by atoms with Gasteiger partial charge < -0.3 is 10.1 Å². The van der Waals surface area contributed by atoms with Gasteiger partial charge in [-0.05, 0) is 31.4 Å². The molecule has 1 aliphatic rings. The molecule has 6 heteroatoms. The van der Waals surface area contributed by atoms with Gasteiger partial charge in [-0.25, -0.2) is 4.79 Å². The molecule has 2 atom stereocenters. The standard InChI is InChI=1S/C18H25NO4S/c1-23-18(21)16(19-17(20)14-8-4-2-5-9-14)12-13-24(22)15-10-6-3-7-11-15/h3,6-7,10-11,14,16H,2,4-5,8-9,12-13H2,1H3,(H,19,20)/t16-,24-/m0/s1. The van der Waals surface area contributed by atoms with Crippen LogP contribution in [-0.4, -0.2) is 35.0 Å². The molecule has 0 heterocycles. The van der Waals surface area contributed by atoms with Gasteiger partial charge in [-0.2, -0.15) is 0 Å². The highest BCUT2D eigenvalue weighted by atomic mass is 32.2. The van der Waals surface area contributed by atoms with Gasteiger partial charge >= 0.3 is 5.97 Å². The number of rotatable bonds is 7. The van der Waals surface area contributed by atoms with E-state index in [9.17, 15) is 13.8 Å². The number of methoxy groups -OCH3 is 1. The lowest BCUT2D eigenvalue weighted by Gasteiger charge is -2.23. The number of carbonyl (C=O) groups excluding carboxylic acids is 2. The molecule has 0 aliphatic heterocycles. The number of carbonyl (C=O) groups is 2. The van der Waals surface area contributed by atoms with Gasteiger partial charge in [-0.1, -0.05) is 37.5 Å². The maximum Gasteiger partial charge on any atom is 0.328 e. The Hall–Kier alpha value is -1.69. The topological polar surface area (TPSA) is 72.5 Å². The fourth-order valence-corrected chi connectivity index (χ4v) is 4.11. The lowest BCUT2D eigenvalue weighted by atomic mass is 9.88. The Morgan fingerprint density at radius 1 is 1.21 bits per heavy atom. The summed E-state index contributed by atoms with van der Waals surface area (Å²) in [6.07, 6.45) is 5.32. The lowest BCUT2D eigenvalue weighted by molar-refractivity contribution is -0.145. The minimum absolute atomic E-state index is 0.0227. The van der Waals surface area contributed by atoms with Crippen molar-refractivity contribution in [3.63, 3.8) is 0 Å². The first-order chi connectivity index (χ1) is 11.6. The molecule has 0 aromatic heterocycles. The van der Waals surface area contributed by atoms with E-state index in [0.29, 0.717) is 12.2 Å². The van der Waals surface area contributed by atoms with Gasteiger partial charge in [-0.15, -0.1) is 0 Å².